The predicted octanol–water partition coefficient (Wildman–Crippen LogP) is 2.08. The molecule has 2 aromatic rings. The summed E-state index contributed by atoms with van der Waals surface area (Å²) < 4.78 is 1.82. The number of hydrogen-bond acceptors (Lipinski definition) is 3. The third-order valence-electron chi connectivity index (χ3n) is 1.95. The van der Waals surface area contributed by atoms with E-state index >= 15 is 0 Å². The largest absolute Gasteiger partial charge is 0.238 e. The molecule has 2 rings (SSSR count). The number of nitrogens with zero attached hydrogens (tertiary/aromatic N) is 4. The normalized spacial score (nSPS) is 9.79. The van der Waals surface area contributed by atoms with E-state index < -0.39 is 0 Å². The minimum Gasteiger partial charge on any atom is -0.238 e. The van der Waals surface area contributed by atoms with Gasteiger partial charge in [0.15, 0.2) is 0 Å². The second-order valence-electron chi connectivity index (χ2n) is 2.85. The first-order valence-electron chi connectivity index (χ1n) is 4.83. The molecule has 0 fully saturated rings. The lowest BCUT2D eigenvalue weighted by molar-refractivity contribution is 0.841. The molecule has 0 N–H and O–H groups in total. The topological polar surface area (TPSA) is 43.1 Å². The first-order valence-corrected chi connectivity index (χ1v) is 4.83. The van der Waals surface area contributed by atoms with Crippen LogP contribution in [0, 0.1) is 20.8 Å². The number of aromatic nitrogens is 4. The third-order valence-corrected chi connectivity index (χ3v) is 1.95. The number of fused-ring (bicyclic) bond motifs is 1. The fraction of sp³-hybridized carbons (Fsp3) is 0.500. The molecule has 76 valence electrons. The highest BCUT2D eigenvalue weighted by Crippen LogP contribution is 2.11. The fourth-order valence-corrected chi connectivity index (χ4v) is 1.44. The number of rotatable bonds is 0. The molecule has 4 heteroatoms. The van der Waals surface area contributed by atoms with Gasteiger partial charge in [0.1, 0.15) is 17.7 Å². The molecule has 2 heterocycles. The standard InChI is InChI=1S/C8H10N4.C2H6/c1-5-8-6(2)11-7(3)12(8)10-4-9-5;1-2/h4H,1-3H3;1-2H3. The molecule has 0 radical (unpaired) electrons. The van der Waals surface area contributed by atoms with Crippen molar-refractivity contribution in [2.45, 2.75) is 34.6 Å². The number of imidazole rings is 1. The van der Waals surface area contributed by atoms with Gasteiger partial charge in [-0.1, -0.05) is 13.8 Å². The molecule has 0 aliphatic heterocycles. The molecule has 0 saturated heterocycles. The quantitative estimate of drug-likeness (QED) is 0.641. The minimum absolute atomic E-state index is 0.910. The average Bonchev–Trinajstić information content (AvgIpc) is 2.47. The maximum Gasteiger partial charge on any atom is 0.136 e. The van der Waals surface area contributed by atoms with Crippen molar-refractivity contribution in [2.75, 3.05) is 0 Å². The van der Waals surface area contributed by atoms with E-state index in [0.29, 0.717) is 0 Å². The fourth-order valence-electron chi connectivity index (χ4n) is 1.44. The molecule has 0 atom stereocenters. The van der Waals surface area contributed by atoms with Crippen molar-refractivity contribution in [2.24, 2.45) is 0 Å². The number of aryl methyl sites for hydroxylation is 3. The van der Waals surface area contributed by atoms with Crippen LogP contribution in [-0.2, 0) is 0 Å². The summed E-state index contributed by atoms with van der Waals surface area (Å²) in [5.41, 5.74) is 2.99. The van der Waals surface area contributed by atoms with Crippen molar-refractivity contribution in [1.82, 2.24) is 19.6 Å². The van der Waals surface area contributed by atoms with Gasteiger partial charge in [0.25, 0.3) is 0 Å². The Morgan fingerprint density at radius 1 is 1.07 bits per heavy atom. The summed E-state index contributed by atoms with van der Waals surface area (Å²) in [5.74, 6) is 0.910. The smallest absolute Gasteiger partial charge is 0.136 e. The first-order chi connectivity index (χ1) is 6.70. The predicted molar refractivity (Wildman–Crippen MR) is 56.3 cm³/mol. The third kappa shape index (κ3) is 1.60. The van der Waals surface area contributed by atoms with Crippen LogP contribution in [-0.4, -0.2) is 19.6 Å². The Labute approximate surface area is 84.0 Å². The Balaban J connectivity index is 0.000000461. The van der Waals surface area contributed by atoms with Gasteiger partial charge in [-0.2, -0.15) is 5.10 Å². The Morgan fingerprint density at radius 2 is 1.71 bits per heavy atom. The maximum absolute atomic E-state index is 4.31. The Morgan fingerprint density at radius 3 is 2.29 bits per heavy atom. The molecular weight excluding hydrogens is 176 g/mol. The lowest BCUT2D eigenvalue weighted by Crippen LogP contribution is -1.97. The lowest BCUT2D eigenvalue weighted by Gasteiger charge is -1.96. The van der Waals surface area contributed by atoms with Crippen molar-refractivity contribution in [1.29, 1.82) is 0 Å². The van der Waals surface area contributed by atoms with E-state index in [2.05, 4.69) is 15.1 Å². The van der Waals surface area contributed by atoms with Crippen LogP contribution in [0.2, 0.25) is 0 Å². The second-order valence-corrected chi connectivity index (χ2v) is 2.85. The highest BCUT2D eigenvalue weighted by atomic mass is 15.3. The summed E-state index contributed by atoms with van der Waals surface area (Å²) in [4.78, 5) is 8.42. The monoisotopic (exact) mass is 192 g/mol. The molecule has 14 heavy (non-hydrogen) atoms. The van der Waals surface area contributed by atoms with Crippen molar-refractivity contribution in [3.05, 3.63) is 23.5 Å². The van der Waals surface area contributed by atoms with Crippen LogP contribution in [0.25, 0.3) is 5.52 Å². The average molecular weight is 192 g/mol. The van der Waals surface area contributed by atoms with Gasteiger partial charge < -0.3 is 0 Å². The van der Waals surface area contributed by atoms with E-state index in [1.807, 2.05) is 39.1 Å². The zero-order valence-corrected chi connectivity index (χ0v) is 9.37. The van der Waals surface area contributed by atoms with Gasteiger partial charge in [0.05, 0.1) is 11.4 Å². The molecule has 4 nitrogen and oxygen atoms in total. The van der Waals surface area contributed by atoms with Crippen LogP contribution in [0.5, 0.6) is 0 Å². The second kappa shape index (κ2) is 4.17. The summed E-state index contributed by atoms with van der Waals surface area (Å²) in [7, 11) is 0. The lowest BCUT2D eigenvalue weighted by atomic mass is 10.3. The van der Waals surface area contributed by atoms with E-state index in [0.717, 1.165) is 22.7 Å². The molecule has 0 aromatic carbocycles. The molecule has 0 saturated carbocycles. The Hall–Kier alpha value is -1.45. The summed E-state index contributed by atoms with van der Waals surface area (Å²) >= 11 is 0. The summed E-state index contributed by atoms with van der Waals surface area (Å²) in [6.45, 7) is 9.87. The summed E-state index contributed by atoms with van der Waals surface area (Å²) in [6.07, 6.45) is 1.55. The van der Waals surface area contributed by atoms with Crippen LogP contribution in [0.4, 0.5) is 0 Å². The van der Waals surface area contributed by atoms with Crippen molar-refractivity contribution in [3.63, 3.8) is 0 Å². The zero-order valence-electron chi connectivity index (χ0n) is 9.37. The van der Waals surface area contributed by atoms with E-state index in [1.54, 1.807) is 6.33 Å². The number of hydrogen-bond donors (Lipinski definition) is 0. The van der Waals surface area contributed by atoms with E-state index in [4.69, 9.17) is 0 Å². The van der Waals surface area contributed by atoms with Crippen LogP contribution in [0.1, 0.15) is 31.1 Å². The van der Waals surface area contributed by atoms with E-state index in [-0.39, 0.29) is 0 Å². The SMILES string of the molecule is CC.Cc1ncnn2c(C)nc(C)c12. The van der Waals surface area contributed by atoms with Gasteiger partial charge in [0, 0.05) is 0 Å². The van der Waals surface area contributed by atoms with Crippen LogP contribution in [0.3, 0.4) is 0 Å². The van der Waals surface area contributed by atoms with Gasteiger partial charge in [-0.25, -0.2) is 14.5 Å². The highest BCUT2D eigenvalue weighted by Gasteiger charge is 2.07. The van der Waals surface area contributed by atoms with Gasteiger partial charge in [-0.05, 0) is 20.8 Å². The molecular formula is C10H16N4. The molecule has 2 aromatic heterocycles. The van der Waals surface area contributed by atoms with Gasteiger partial charge in [-0.15, -0.1) is 0 Å². The summed E-state index contributed by atoms with van der Waals surface area (Å²) in [6, 6.07) is 0. The van der Waals surface area contributed by atoms with Crippen LogP contribution < -0.4 is 0 Å². The zero-order chi connectivity index (χ0) is 10.7. The van der Waals surface area contributed by atoms with Gasteiger partial charge in [0.2, 0.25) is 0 Å². The van der Waals surface area contributed by atoms with Gasteiger partial charge in [-0.3, -0.25) is 0 Å². The molecule has 0 amide bonds. The van der Waals surface area contributed by atoms with E-state index in [1.165, 1.54) is 0 Å². The van der Waals surface area contributed by atoms with Crippen molar-refractivity contribution in [3.8, 4) is 0 Å². The summed E-state index contributed by atoms with van der Waals surface area (Å²) in [5, 5.41) is 4.11. The highest BCUT2D eigenvalue weighted by molar-refractivity contribution is 5.54. The van der Waals surface area contributed by atoms with E-state index in [9.17, 15) is 0 Å². The molecule has 0 spiro atoms. The van der Waals surface area contributed by atoms with Crippen molar-refractivity contribution < 1.29 is 0 Å². The Bertz CT molecular complexity index is 431. The first kappa shape index (κ1) is 10.6. The molecule has 0 aliphatic carbocycles. The molecule has 0 aliphatic rings. The van der Waals surface area contributed by atoms with Crippen LogP contribution >= 0.6 is 0 Å². The van der Waals surface area contributed by atoms with Gasteiger partial charge >= 0.3 is 0 Å². The Kier molecular flexibility index (Phi) is 3.17. The molecule has 0 bridgehead atoms. The van der Waals surface area contributed by atoms with Crippen LogP contribution in [0.15, 0.2) is 6.33 Å². The maximum atomic E-state index is 4.31. The van der Waals surface area contributed by atoms with Crippen molar-refractivity contribution >= 4 is 5.52 Å². The minimum atomic E-state index is 0.910. The molecule has 0 unspecified atom stereocenters.